The second-order valence-corrected chi connectivity index (χ2v) is 10.1. The summed E-state index contributed by atoms with van der Waals surface area (Å²) >= 11 is 1.13. The van der Waals surface area contributed by atoms with E-state index in [4.69, 9.17) is 0 Å². The molecule has 31 heavy (non-hydrogen) atoms. The fourth-order valence-electron chi connectivity index (χ4n) is 3.15. The fourth-order valence-corrected chi connectivity index (χ4v) is 5.52. The number of nitrogens with one attached hydrogen (secondary N) is 2. The van der Waals surface area contributed by atoms with Crippen molar-refractivity contribution in [2.24, 2.45) is 0 Å². The Balaban J connectivity index is 1.47. The number of carbonyl (C=O) groups is 1. The van der Waals surface area contributed by atoms with E-state index in [2.05, 4.69) is 20.0 Å². The molecule has 1 atom stereocenters. The van der Waals surface area contributed by atoms with E-state index in [0.717, 1.165) is 16.9 Å². The predicted octanol–water partition coefficient (Wildman–Crippen LogP) is 4.38. The second-order valence-electron chi connectivity index (χ2n) is 7.31. The van der Waals surface area contributed by atoms with Crippen molar-refractivity contribution < 1.29 is 17.6 Å². The Hall–Kier alpha value is -2.85. The molecule has 0 radical (unpaired) electrons. The normalized spacial score (nSPS) is 14.8. The van der Waals surface area contributed by atoms with Crippen molar-refractivity contribution in [1.29, 1.82) is 0 Å². The molecule has 1 unspecified atom stereocenters. The molecule has 7 nitrogen and oxygen atoms in total. The molecule has 2 heterocycles. The zero-order valence-corrected chi connectivity index (χ0v) is 18.3. The zero-order valence-electron chi connectivity index (χ0n) is 16.7. The first-order chi connectivity index (χ1) is 14.9. The van der Waals surface area contributed by atoms with Crippen molar-refractivity contribution >= 4 is 38.1 Å². The molecule has 0 saturated heterocycles. The standard InChI is InChI=1S/C21H21FN4O3S2/c1-2-16(19-12-30-21(25-19)26-31(28,29)15-6-7-15)20(27)24-18-8-5-13(10-17(18)22)14-4-3-9-23-11-14/h3-5,8-12,15-16H,2,6-7H2,1H3,(H,24,27)(H,25,26). The molecule has 1 aliphatic rings. The van der Waals surface area contributed by atoms with Crippen molar-refractivity contribution in [3.8, 4) is 11.1 Å². The minimum atomic E-state index is -3.42. The van der Waals surface area contributed by atoms with Gasteiger partial charge in [0.2, 0.25) is 15.9 Å². The van der Waals surface area contributed by atoms with Gasteiger partial charge in [-0.2, -0.15) is 0 Å². The lowest BCUT2D eigenvalue weighted by atomic mass is 10.0. The molecule has 1 fully saturated rings. The fraction of sp³-hybridized carbons (Fsp3) is 0.286. The third-order valence-electron chi connectivity index (χ3n) is 5.02. The van der Waals surface area contributed by atoms with Crippen LogP contribution in [-0.4, -0.2) is 29.5 Å². The van der Waals surface area contributed by atoms with E-state index in [1.54, 1.807) is 29.9 Å². The Kier molecular flexibility index (Phi) is 6.01. The molecule has 1 aromatic carbocycles. The van der Waals surface area contributed by atoms with Crippen molar-refractivity contribution in [2.75, 3.05) is 10.0 Å². The summed E-state index contributed by atoms with van der Waals surface area (Å²) in [4.78, 5) is 21.1. The van der Waals surface area contributed by atoms with Gasteiger partial charge in [0.05, 0.1) is 22.5 Å². The highest BCUT2D eigenvalue weighted by molar-refractivity contribution is 7.93. The van der Waals surface area contributed by atoms with E-state index < -0.39 is 27.7 Å². The molecule has 1 saturated carbocycles. The van der Waals surface area contributed by atoms with Crippen LogP contribution in [0.4, 0.5) is 15.2 Å². The smallest absolute Gasteiger partial charge is 0.237 e. The lowest BCUT2D eigenvalue weighted by Crippen LogP contribution is -2.22. The largest absolute Gasteiger partial charge is 0.323 e. The van der Waals surface area contributed by atoms with Gasteiger partial charge in [0.25, 0.3) is 0 Å². The van der Waals surface area contributed by atoms with Crippen LogP contribution in [0.2, 0.25) is 0 Å². The third-order valence-corrected chi connectivity index (χ3v) is 7.75. The maximum atomic E-state index is 14.6. The first-order valence-corrected chi connectivity index (χ1v) is 12.3. The van der Waals surface area contributed by atoms with Crippen molar-refractivity contribution in [1.82, 2.24) is 9.97 Å². The molecule has 4 rings (SSSR count). The molecule has 0 aliphatic heterocycles. The van der Waals surface area contributed by atoms with Gasteiger partial charge in [-0.25, -0.2) is 17.8 Å². The van der Waals surface area contributed by atoms with E-state index in [1.165, 1.54) is 12.1 Å². The number of rotatable bonds is 8. The number of nitrogens with zero attached hydrogens (tertiary/aromatic N) is 2. The Morgan fingerprint density at radius 2 is 2.10 bits per heavy atom. The number of thiazole rings is 1. The van der Waals surface area contributed by atoms with Crippen molar-refractivity contribution in [2.45, 2.75) is 37.4 Å². The highest BCUT2D eigenvalue weighted by Crippen LogP contribution is 2.32. The van der Waals surface area contributed by atoms with Gasteiger partial charge in [-0.05, 0) is 43.0 Å². The SMILES string of the molecule is CCC(C(=O)Nc1ccc(-c2cccnc2)cc1F)c1csc(NS(=O)(=O)C2CC2)n1. The topological polar surface area (TPSA) is 101 Å². The highest BCUT2D eigenvalue weighted by Gasteiger charge is 2.36. The first kappa shape index (κ1) is 21.4. The quantitative estimate of drug-likeness (QED) is 0.520. The number of benzene rings is 1. The van der Waals surface area contributed by atoms with E-state index >= 15 is 0 Å². The van der Waals surface area contributed by atoms with Gasteiger partial charge in [0, 0.05) is 23.3 Å². The molecule has 3 aromatic rings. The van der Waals surface area contributed by atoms with Crippen LogP contribution in [0.1, 0.15) is 37.8 Å². The maximum absolute atomic E-state index is 14.6. The average Bonchev–Trinajstić information content (AvgIpc) is 3.53. The molecule has 2 aromatic heterocycles. The summed E-state index contributed by atoms with van der Waals surface area (Å²) in [5, 5.41) is 4.15. The lowest BCUT2D eigenvalue weighted by Gasteiger charge is -2.14. The molecular formula is C21H21FN4O3S2. The van der Waals surface area contributed by atoms with Crippen LogP contribution in [0.3, 0.4) is 0 Å². The number of sulfonamides is 1. The van der Waals surface area contributed by atoms with Gasteiger partial charge in [-0.3, -0.25) is 14.5 Å². The van der Waals surface area contributed by atoms with Crippen LogP contribution in [-0.2, 0) is 14.8 Å². The van der Waals surface area contributed by atoms with Crippen LogP contribution >= 0.6 is 11.3 Å². The van der Waals surface area contributed by atoms with Crippen molar-refractivity contribution in [3.63, 3.8) is 0 Å². The summed E-state index contributed by atoms with van der Waals surface area (Å²) in [5.41, 5.74) is 1.95. The summed E-state index contributed by atoms with van der Waals surface area (Å²) in [6.45, 7) is 1.82. The number of carbonyl (C=O) groups excluding carboxylic acids is 1. The van der Waals surface area contributed by atoms with E-state index in [-0.39, 0.29) is 16.1 Å². The van der Waals surface area contributed by atoms with Crippen LogP contribution in [0.15, 0.2) is 48.1 Å². The van der Waals surface area contributed by atoms with Gasteiger partial charge >= 0.3 is 0 Å². The minimum Gasteiger partial charge on any atom is -0.323 e. The third kappa shape index (κ3) is 4.91. The number of hydrogen-bond donors (Lipinski definition) is 2. The maximum Gasteiger partial charge on any atom is 0.237 e. The first-order valence-electron chi connectivity index (χ1n) is 9.85. The summed E-state index contributed by atoms with van der Waals surface area (Å²) in [6, 6.07) is 8.16. The Morgan fingerprint density at radius 1 is 1.29 bits per heavy atom. The summed E-state index contributed by atoms with van der Waals surface area (Å²) in [6.07, 6.45) is 5.01. The second kappa shape index (κ2) is 8.72. The predicted molar refractivity (Wildman–Crippen MR) is 119 cm³/mol. The van der Waals surface area contributed by atoms with Crippen LogP contribution < -0.4 is 10.0 Å². The van der Waals surface area contributed by atoms with Gasteiger partial charge in [-0.15, -0.1) is 11.3 Å². The summed E-state index contributed by atoms with van der Waals surface area (Å²) in [5.74, 6) is -1.59. The van der Waals surface area contributed by atoms with Crippen LogP contribution in [0, 0.1) is 5.82 Å². The van der Waals surface area contributed by atoms with Gasteiger partial charge in [-0.1, -0.05) is 19.1 Å². The highest BCUT2D eigenvalue weighted by atomic mass is 32.2. The van der Waals surface area contributed by atoms with Gasteiger partial charge < -0.3 is 5.32 Å². The van der Waals surface area contributed by atoms with Crippen molar-refractivity contribution in [3.05, 3.63) is 59.6 Å². The molecule has 2 N–H and O–H groups in total. The monoisotopic (exact) mass is 460 g/mol. The summed E-state index contributed by atoms with van der Waals surface area (Å²) < 4.78 is 41.3. The molecule has 0 spiro atoms. The van der Waals surface area contributed by atoms with Crippen LogP contribution in [0.25, 0.3) is 11.1 Å². The molecular weight excluding hydrogens is 439 g/mol. The lowest BCUT2D eigenvalue weighted by molar-refractivity contribution is -0.117. The van der Waals surface area contributed by atoms with E-state index in [9.17, 15) is 17.6 Å². The minimum absolute atomic E-state index is 0.0704. The zero-order chi connectivity index (χ0) is 22.0. The average molecular weight is 461 g/mol. The molecule has 10 heteroatoms. The number of pyridine rings is 1. The molecule has 0 bridgehead atoms. The van der Waals surface area contributed by atoms with Crippen LogP contribution in [0.5, 0.6) is 0 Å². The number of anilines is 2. The Bertz CT molecular complexity index is 1190. The number of amides is 1. The van der Waals surface area contributed by atoms with E-state index in [1.807, 2.05) is 13.0 Å². The number of hydrogen-bond acceptors (Lipinski definition) is 6. The Labute approximate surface area is 183 Å². The van der Waals surface area contributed by atoms with Gasteiger partial charge in [0.15, 0.2) is 5.13 Å². The molecule has 1 aliphatic carbocycles. The Morgan fingerprint density at radius 3 is 2.74 bits per heavy atom. The molecule has 1 amide bonds. The van der Waals surface area contributed by atoms with Gasteiger partial charge in [0.1, 0.15) is 5.82 Å². The summed E-state index contributed by atoms with van der Waals surface area (Å²) in [7, 11) is -3.42. The number of aromatic nitrogens is 2. The molecule has 162 valence electrons. The number of halogens is 1. The van der Waals surface area contributed by atoms with E-state index in [0.29, 0.717) is 30.5 Å².